The number of ether oxygens (including phenoxy) is 2. The molecule has 0 saturated heterocycles. The molecular formula is C19H19N5O4S2. The number of rotatable bonds is 6. The summed E-state index contributed by atoms with van der Waals surface area (Å²) in [4.78, 5) is 25.4. The van der Waals surface area contributed by atoms with Crippen LogP contribution in [0.25, 0.3) is 0 Å². The fourth-order valence-electron chi connectivity index (χ4n) is 2.77. The van der Waals surface area contributed by atoms with E-state index in [1.165, 1.54) is 16.6 Å². The number of carbonyl (C=O) groups excluding carboxylic acids is 2. The number of aromatic nitrogens is 3. The molecule has 1 aliphatic heterocycles. The van der Waals surface area contributed by atoms with Crippen molar-refractivity contribution in [3.63, 3.8) is 0 Å². The molecule has 0 radical (unpaired) electrons. The molecule has 4 rings (SSSR count). The van der Waals surface area contributed by atoms with Gasteiger partial charge in [-0.1, -0.05) is 17.8 Å². The first-order chi connectivity index (χ1) is 14.6. The van der Waals surface area contributed by atoms with Gasteiger partial charge in [0.25, 0.3) is 0 Å². The predicted molar refractivity (Wildman–Crippen MR) is 113 cm³/mol. The van der Waals surface area contributed by atoms with E-state index in [1.807, 2.05) is 29.1 Å². The lowest BCUT2D eigenvalue weighted by Crippen LogP contribution is -2.35. The summed E-state index contributed by atoms with van der Waals surface area (Å²) < 4.78 is 12.8. The van der Waals surface area contributed by atoms with Gasteiger partial charge in [0.2, 0.25) is 5.91 Å². The Balaban J connectivity index is 1.26. The van der Waals surface area contributed by atoms with Gasteiger partial charge in [0.1, 0.15) is 19.0 Å². The summed E-state index contributed by atoms with van der Waals surface area (Å²) >= 11 is 2.88. The Labute approximate surface area is 180 Å². The zero-order valence-corrected chi connectivity index (χ0v) is 17.7. The van der Waals surface area contributed by atoms with Crippen LogP contribution < -0.4 is 20.1 Å². The molecule has 9 nitrogen and oxygen atoms in total. The molecule has 0 atom stereocenters. The molecule has 0 spiro atoms. The highest BCUT2D eigenvalue weighted by molar-refractivity contribution is 7.99. The van der Waals surface area contributed by atoms with Crippen molar-refractivity contribution in [3.8, 4) is 11.5 Å². The first-order valence-corrected chi connectivity index (χ1v) is 11.0. The fourth-order valence-corrected chi connectivity index (χ4v) is 4.20. The lowest BCUT2D eigenvalue weighted by molar-refractivity contribution is -0.117. The van der Waals surface area contributed by atoms with Crippen LogP contribution in [0.3, 0.4) is 0 Å². The number of hydrogen-bond acceptors (Lipinski definition) is 8. The summed E-state index contributed by atoms with van der Waals surface area (Å²) in [5.41, 5.74) is 0.503. The van der Waals surface area contributed by atoms with Crippen molar-refractivity contribution in [1.29, 1.82) is 0 Å². The third-order valence-corrected chi connectivity index (χ3v) is 6.12. The van der Waals surface area contributed by atoms with Crippen LogP contribution in [0.15, 0.2) is 40.9 Å². The van der Waals surface area contributed by atoms with Gasteiger partial charge >= 0.3 is 6.03 Å². The second-order valence-corrected chi connectivity index (χ2v) is 8.34. The number of nitrogens with zero attached hydrogens (tertiary/aromatic N) is 3. The van der Waals surface area contributed by atoms with Crippen molar-refractivity contribution in [1.82, 2.24) is 20.1 Å². The molecule has 156 valence electrons. The minimum atomic E-state index is -0.617. The lowest BCUT2D eigenvalue weighted by Gasteiger charge is -2.19. The Bertz CT molecular complexity index is 1050. The predicted octanol–water partition coefficient (Wildman–Crippen LogP) is 2.68. The van der Waals surface area contributed by atoms with E-state index in [-0.39, 0.29) is 5.75 Å². The summed E-state index contributed by atoms with van der Waals surface area (Å²) in [7, 11) is 1.86. The smallest absolute Gasteiger partial charge is 0.325 e. The quantitative estimate of drug-likeness (QED) is 0.562. The van der Waals surface area contributed by atoms with Gasteiger partial charge in [0.15, 0.2) is 16.7 Å². The van der Waals surface area contributed by atoms with E-state index in [2.05, 4.69) is 20.8 Å². The number of anilines is 1. The average molecular weight is 446 g/mol. The van der Waals surface area contributed by atoms with Gasteiger partial charge in [0, 0.05) is 30.1 Å². The highest BCUT2D eigenvalue weighted by atomic mass is 32.2. The summed E-state index contributed by atoms with van der Waals surface area (Å²) in [6.07, 6.45) is 0.686. The molecule has 3 aromatic rings. The van der Waals surface area contributed by atoms with Crippen LogP contribution in [0, 0.1) is 0 Å². The molecule has 0 unspecified atom stereocenters. The maximum atomic E-state index is 12.1. The highest BCUT2D eigenvalue weighted by Crippen LogP contribution is 2.32. The van der Waals surface area contributed by atoms with Crippen molar-refractivity contribution < 1.29 is 19.1 Å². The number of fused-ring (bicyclic) bond motifs is 1. The fraction of sp³-hybridized carbons (Fsp3) is 0.263. The summed E-state index contributed by atoms with van der Waals surface area (Å²) in [6, 6.07) is 8.47. The average Bonchev–Trinajstić information content (AvgIpc) is 3.37. The number of nitrogens with one attached hydrogen (secondary N) is 2. The molecular weight excluding hydrogens is 426 g/mol. The number of thiophene rings is 1. The summed E-state index contributed by atoms with van der Waals surface area (Å²) in [5.74, 6) is 1.61. The van der Waals surface area contributed by atoms with Gasteiger partial charge in [-0.15, -0.1) is 21.5 Å². The van der Waals surface area contributed by atoms with Crippen molar-refractivity contribution >= 4 is 40.7 Å². The number of imide groups is 1. The lowest BCUT2D eigenvalue weighted by atomic mass is 10.2. The third kappa shape index (κ3) is 4.92. The molecule has 30 heavy (non-hydrogen) atoms. The van der Waals surface area contributed by atoms with Crippen LogP contribution in [0.2, 0.25) is 0 Å². The zero-order valence-electron chi connectivity index (χ0n) is 16.1. The molecule has 0 saturated carbocycles. The second-order valence-electron chi connectivity index (χ2n) is 6.36. The monoisotopic (exact) mass is 445 g/mol. The molecule has 0 aliphatic carbocycles. The van der Waals surface area contributed by atoms with Gasteiger partial charge in [-0.2, -0.15) is 0 Å². The molecule has 1 aromatic carbocycles. The molecule has 0 bridgehead atoms. The van der Waals surface area contributed by atoms with Gasteiger partial charge in [0.05, 0.1) is 5.75 Å². The van der Waals surface area contributed by atoms with E-state index in [4.69, 9.17) is 9.47 Å². The van der Waals surface area contributed by atoms with Crippen molar-refractivity contribution in [2.24, 2.45) is 7.05 Å². The van der Waals surface area contributed by atoms with Crippen LogP contribution in [0.4, 0.5) is 10.5 Å². The highest BCUT2D eigenvalue weighted by Gasteiger charge is 2.15. The Morgan fingerprint density at radius 1 is 1.20 bits per heavy atom. The topological polar surface area (TPSA) is 107 Å². The van der Waals surface area contributed by atoms with E-state index in [0.29, 0.717) is 42.0 Å². The van der Waals surface area contributed by atoms with Crippen molar-refractivity contribution in [2.45, 2.75) is 11.6 Å². The van der Waals surface area contributed by atoms with Crippen LogP contribution in [-0.2, 0) is 18.3 Å². The molecule has 2 aromatic heterocycles. The molecule has 0 fully saturated rings. The SMILES string of the molecule is Cn1c(Cc2cccs2)nnc1SCC(=O)NC(=O)Nc1ccc2c(c1)OCCO2. The van der Waals surface area contributed by atoms with E-state index in [1.54, 1.807) is 29.5 Å². The maximum Gasteiger partial charge on any atom is 0.325 e. The Morgan fingerprint density at radius 2 is 2.03 bits per heavy atom. The number of thioether (sulfide) groups is 1. The Hall–Kier alpha value is -3.05. The zero-order chi connectivity index (χ0) is 20.9. The first kappa shape index (κ1) is 20.2. The number of urea groups is 1. The largest absolute Gasteiger partial charge is 0.486 e. The van der Waals surface area contributed by atoms with Crippen molar-refractivity contribution in [2.75, 3.05) is 24.3 Å². The normalized spacial score (nSPS) is 12.4. The van der Waals surface area contributed by atoms with E-state index < -0.39 is 11.9 Å². The van der Waals surface area contributed by atoms with Crippen LogP contribution >= 0.6 is 23.1 Å². The van der Waals surface area contributed by atoms with Gasteiger partial charge < -0.3 is 19.4 Å². The third-order valence-electron chi connectivity index (χ3n) is 4.22. The van der Waals surface area contributed by atoms with Crippen LogP contribution in [0.5, 0.6) is 11.5 Å². The number of carbonyl (C=O) groups is 2. The van der Waals surface area contributed by atoms with Crippen molar-refractivity contribution in [3.05, 3.63) is 46.4 Å². The first-order valence-electron chi connectivity index (χ1n) is 9.12. The number of hydrogen-bond donors (Lipinski definition) is 2. The van der Waals surface area contributed by atoms with E-state index in [9.17, 15) is 9.59 Å². The van der Waals surface area contributed by atoms with E-state index in [0.717, 1.165) is 5.82 Å². The number of benzene rings is 1. The minimum absolute atomic E-state index is 0.0412. The Morgan fingerprint density at radius 3 is 2.83 bits per heavy atom. The summed E-state index contributed by atoms with van der Waals surface area (Å²) in [6.45, 7) is 0.947. The van der Waals surface area contributed by atoms with Crippen LogP contribution in [-0.4, -0.2) is 45.7 Å². The Kier molecular flexibility index (Phi) is 6.19. The van der Waals surface area contributed by atoms with Gasteiger partial charge in [-0.3, -0.25) is 10.1 Å². The van der Waals surface area contributed by atoms with E-state index >= 15 is 0 Å². The number of amides is 3. The minimum Gasteiger partial charge on any atom is -0.486 e. The molecule has 11 heteroatoms. The van der Waals surface area contributed by atoms with Gasteiger partial charge in [-0.05, 0) is 23.6 Å². The second kappa shape index (κ2) is 9.18. The molecule has 3 amide bonds. The van der Waals surface area contributed by atoms with Crippen LogP contribution in [0.1, 0.15) is 10.7 Å². The van der Waals surface area contributed by atoms with Gasteiger partial charge in [-0.25, -0.2) is 4.79 Å². The molecule has 1 aliphatic rings. The molecule has 2 N–H and O–H groups in total. The molecule has 3 heterocycles. The summed E-state index contributed by atoms with van der Waals surface area (Å²) in [5, 5.41) is 15.9. The maximum absolute atomic E-state index is 12.1. The standard InChI is InChI=1S/C19H19N5O4S2/c1-24-16(10-13-3-2-8-29-13)22-23-19(24)30-11-17(25)21-18(26)20-12-4-5-14-15(9-12)28-7-6-27-14/h2-5,8-9H,6-7,10-11H2,1H3,(H2,20,21,25,26).